The SMILES string of the molecule is CCSC1CCCC(NC(=NC)NCC2(O)CCSC2)C1. The highest BCUT2D eigenvalue weighted by atomic mass is 32.2. The van der Waals surface area contributed by atoms with Crippen molar-refractivity contribution in [1.29, 1.82) is 0 Å². The van der Waals surface area contributed by atoms with Gasteiger partial charge in [0.1, 0.15) is 0 Å². The molecule has 1 saturated heterocycles. The van der Waals surface area contributed by atoms with Crippen molar-refractivity contribution in [1.82, 2.24) is 10.6 Å². The second-order valence-corrected chi connectivity index (χ2v) is 8.72. The summed E-state index contributed by atoms with van der Waals surface area (Å²) in [5.41, 5.74) is -0.560. The average molecular weight is 332 g/mol. The molecule has 1 heterocycles. The van der Waals surface area contributed by atoms with Gasteiger partial charge in [-0.2, -0.15) is 23.5 Å². The molecule has 6 heteroatoms. The first-order valence-electron chi connectivity index (χ1n) is 8.04. The Morgan fingerprint density at radius 2 is 2.33 bits per heavy atom. The molecule has 0 aromatic carbocycles. The van der Waals surface area contributed by atoms with Crippen LogP contribution in [0.25, 0.3) is 0 Å². The monoisotopic (exact) mass is 331 g/mol. The quantitative estimate of drug-likeness (QED) is 0.532. The molecule has 2 rings (SSSR count). The number of aliphatic hydroxyl groups is 1. The third-order valence-corrected chi connectivity index (χ3v) is 6.73. The van der Waals surface area contributed by atoms with Gasteiger partial charge in [0.25, 0.3) is 0 Å². The first-order chi connectivity index (χ1) is 10.1. The van der Waals surface area contributed by atoms with Crippen LogP contribution in [0.15, 0.2) is 4.99 Å². The molecular formula is C15H29N3OS2. The van der Waals surface area contributed by atoms with E-state index in [2.05, 4.69) is 34.3 Å². The number of thioether (sulfide) groups is 2. The summed E-state index contributed by atoms with van der Waals surface area (Å²) in [5, 5.41) is 18.0. The average Bonchev–Trinajstić information content (AvgIpc) is 2.91. The molecule has 0 radical (unpaired) electrons. The standard InChI is InChI=1S/C15H29N3OS2/c1-3-21-13-6-4-5-12(9-13)18-14(16-2)17-10-15(19)7-8-20-11-15/h12-13,19H,3-11H2,1-2H3,(H2,16,17,18). The van der Waals surface area contributed by atoms with Crippen molar-refractivity contribution >= 4 is 29.5 Å². The molecule has 0 bridgehead atoms. The van der Waals surface area contributed by atoms with Crippen LogP contribution < -0.4 is 10.6 Å². The third-order valence-electron chi connectivity index (χ3n) is 4.26. The van der Waals surface area contributed by atoms with E-state index in [9.17, 15) is 5.11 Å². The lowest BCUT2D eigenvalue weighted by Gasteiger charge is -2.31. The Balaban J connectivity index is 1.76. The van der Waals surface area contributed by atoms with E-state index in [1.54, 1.807) is 0 Å². The zero-order valence-electron chi connectivity index (χ0n) is 13.2. The van der Waals surface area contributed by atoms with E-state index in [1.807, 2.05) is 18.8 Å². The van der Waals surface area contributed by atoms with Crippen LogP contribution in [0.1, 0.15) is 39.0 Å². The molecule has 0 aromatic heterocycles. The Morgan fingerprint density at radius 3 is 3.00 bits per heavy atom. The fourth-order valence-electron chi connectivity index (χ4n) is 3.04. The maximum atomic E-state index is 10.4. The maximum Gasteiger partial charge on any atom is 0.191 e. The molecule has 1 saturated carbocycles. The molecule has 4 nitrogen and oxygen atoms in total. The van der Waals surface area contributed by atoms with E-state index in [-0.39, 0.29) is 0 Å². The maximum absolute atomic E-state index is 10.4. The van der Waals surface area contributed by atoms with Gasteiger partial charge in [0.15, 0.2) is 5.96 Å². The van der Waals surface area contributed by atoms with Gasteiger partial charge in [-0.1, -0.05) is 13.3 Å². The van der Waals surface area contributed by atoms with Crippen LogP contribution in [0.2, 0.25) is 0 Å². The smallest absolute Gasteiger partial charge is 0.191 e. The second-order valence-electron chi connectivity index (χ2n) is 6.04. The van der Waals surface area contributed by atoms with Crippen LogP contribution in [-0.2, 0) is 0 Å². The number of rotatable bonds is 5. The minimum Gasteiger partial charge on any atom is -0.387 e. The molecule has 0 amide bonds. The minimum atomic E-state index is -0.560. The van der Waals surface area contributed by atoms with Crippen molar-refractivity contribution in [2.75, 3.05) is 30.9 Å². The Bertz CT molecular complexity index is 344. The summed E-state index contributed by atoms with van der Waals surface area (Å²) >= 11 is 3.91. The molecule has 1 aliphatic heterocycles. The number of hydrogen-bond donors (Lipinski definition) is 3. The van der Waals surface area contributed by atoms with Crippen LogP contribution in [0.5, 0.6) is 0 Å². The predicted octanol–water partition coefficient (Wildman–Crippen LogP) is 2.08. The number of hydrogen-bond acceptors (Lipinski definition) is 4. The van der Waals surface area contributed by atoms with E-state index in [0.29, 0.717) is 12.6 Å². The highest BCUT2D eigenvalue weighted by Gasteiger charge is 2.32. The van der Waals surface area contributed by atoms with Crippen molar-refractivity contribution in [2.24, 2.45) is 4.99 Å². The van der Waals surface area contributed by atoms with Crippen LogP contribution in [0, 0.1) is 0 Å². The molecule has 0 aromatic rings. The van der Waals surface area contributed by atoms with Gasteiger partial charge in [-0.25, -0.2) is 0 Å². The van der Waals surface area contributed by atoms with E-state index in [0.717, 1.165) is 29.1 Å². The lowest BCUT2D eigenvalue weighted by Crippen LogP contribution is -2.50. The Labute approximate surface area is 137 Å². The fourth-order valence-corrected chi connectivity index (χ4v) is 5.50. The van der Waals surface area contributed by atoms with Crippen molar-refractivity contribution in [3.63, 3.8) is 0 Å². The van der Waals surface area contributed by atoms with Crippen LogP contribution in [-0.4, -0.2) is 58.8 Å². The van der Waals surface area contributed by atoms with Gasteiger partial charge in [0, 0.05) is 30.6 Å². The zero-order chi connectivity index (χ0) is 15.1. The minimum absolute atomic E-state index is 0.515. The lowest BCUT2D eigenvalue weighted by molar-refractivity contribution is 0.0723. The van der Waals surface area contributed by atoms with Crippen molar-refractivity contribution in [3.05, 3.63) is 0 Å². The Hall–Kier alpha value is -0.0700. The molecule has 3 N–H and O–H groups in total. The molecule has 2 aliphatic rings. The summed E-state index contributed by atoms with van der Waals surface area (Å²) in [5.74, 6) is 3.93. The summed E-state index contributed by atoms with van der Waals surface area (Å²) in [6, 6.07) is 0.515. The number of guanidine groups is 1. The highest BCUT2D eigenvalue weighted by Crippen LogP contribution is 2.29. The Morgan fingerprint density at radius 1 is 1.48 bits per heavy atom. The van der Waals surface area contributed by atoms with Crippen LogP contribution in [0.3, 0.4) is 0 Å². The molecule has 3 atom stereocenters. The molecule has 3 unspecified atom stereocenters. The van der Waals surface area contributed by atoms with Crippen LogP contribution >= 0.6 is 23.5 Å². The second kappa shape index (κ2) is 8.53. The van der Waals surface area contributed by atoms with Gasteiger partial charge >= 0.3 is 0 Å². The van der Waals surface area contributed by atoms with Gasteiger partial charge in [-0.15, -0.1) is 0 Å². The van der Waals surface area contributed by atoms with Gasteiger partial charge in [0.05, 0.1) is 5.60 Å². The van der Waals surface area contributed by atoms with E-state index >= 15 is 0 Å². The number of aliphatic imine (C=N–C) groups is 1. The molecular weight excluding hydrogens is 302 g/mol. The van der Waals surface area contributed by atoms with Crippen molar-refractivity contribution < 1.29 is 5.11 Å². The Kier molecular flexibility index (Phi) is 7.02. The first kappa shape index (κ1) is 17.3. The normalized spacial score (nSPS) is 34.0. The molecule has 2 fully saturated rings. The fraction of sp³-hybridized carbons (Fsp3) is 0.933. The number of nitrogens with one attached hydrogen (secondary N) is 2. The van der Waals surface area contributed by atoms with Crippen LogP contribution in [0.4, 0.5) is 0 Å². The summed E-state index contributed by atoms with van der Waals surface area (Å²) in [6.07, 6.45) is 5.97. The van der Waals surface area contributed by atoms with Crippen molar-refractivity contribution in [3.8, 4) is 0 Å². The summed E-state index contributed by atoms with van der Waals surface area (Å²) in [6.45, 7) is 2.84. The molecule has 1 aliphatic carbocycles. The van der Waals surface area contributed by atoms with Gasteiger partial charge < -0.3 is 15.7 Å². The molecule has 0 spiro atoms. The molecule has 21 heavy (non-hydrogen) atoms. The summed E-state index contributed by atoms with van der Waals surface area (Å²) in [7, 11) is 1.81. The summed E-state index contributed by atoms with van der Waals surface area (Å²) in [4.78, 5) is 4.31. The zero-order valence-corrected chi connectivity index (χ0v) is 14.9. The van der Waals surface area contributed by atoms with Gasteiger partial charge in [-0.3, -0.25) is 4.99 Å². The number of nitrogens with zero attached hydrogens (tertiary/aromatic N) is 1. The van der Waals surface area contributed by atoms with Gasteiger partial charge in [0.2, 0.25) is 0 Å². The van der Waals surface area contributed by atoms with E-state index in [4.69, 9.17) is 0 Å². The van der Waals surface area contributed by atoms with E-state index in [1.165, 1.54) is 31.4 Å². The van der Waals surface area contributed by atoms with Crippen molar-refractivity contribution in [2.45, 2.75) is 55.9 Å². The first-order valence-corrected chi connectivity index (χ1v) is 10.2. The lowest BCUT2D eigenvalue weighted by atomic mass is 9.95. The predicted molar refractivity (Wildman–Crippen MR) is 95.6 cm³/mol. The molecule has 122 valence electrons. The van der Waals surface area contributed by atoms with Gasteiger partial charge in [-0.05, 0) is 37.2 Å². The third kappa shape index (κ3) is 5.57. The summed E-state index contributed by atoms with van der Waals surface area (Å²) < 4.78 is 0. The van der Waals surface area contributed by atoms with E-state index < -0.39 is 5.60 Å². The highest BCUT2D eigenvalue weighted by molar-refractivity contribution is 8.00. The topological polar surface area (TPSA) is 56.7 Å². The largest absolute Gasteiger partial charge is 0.387 e.